The molecule has 1 aromatic heterocycles. The van der Waals surface area contributed by atoms with Gasteiger partial charge in [-0.2, -0.15) is 0 Å². The van der Waals surface area contributed by atoms with Gasteiger partial charge in [0.1, 0.15) is 10.3 Å². The van der Waals surface area contributed by atoms with Crippen LogP contribution in [0.3, 0.4) is 0 Å². The van der Waals surface area contributed by atoms with E-state index in [0.29, 0.717) is 17.4 Å². The molecule has 1 heterocycles. The Morgan fingerprint density at radius 3 is 2.83 bits per heavy atom. The predicted molar refractivity (Wildman–Crippen MR) is 82.9 cm³/mol. The number of hydrogen-bond donors (Lipinski definition) is 0. The van der Waals surface area contributed by atoms with E-state index in [0.717, 1.165) is 9.26 Å². The normalized spacial score (nSPS) is 10.8. The summed E-state index contributed by atoms with van der Waals surface area (Å²) in [6.45, 7) is 0.493. The zero-order chi connectivity index (χ0) is 12.8. The molecule has 2 aromatic rings. The molecule has 0 radical (unpaired) electrons. The van der Waals surface area contributed by atoms with Crippen molar-refractivity contribution in [2.45, 2.75) is 0 Å². The second kappa shape index (κ2) is 6.75. The number of ether oxygens (including phenoxy) is 1. The molecule has 0 aliphatic heterocycles. The summed E-state index contributed by atoms with van der Waals surface area (Å²) in [5.41, 5.74) is 1.15. The van der Waals surface area contributed by atoms with Gasteiger partial charge in [-0.25, -0.2) is 4.98 Å². The Balaban J connectivity index is 1.92. The van der Waals surface area contributed by atoms with Crippen LogP contribution in [0.2, 0.25) is 5.02 Å². The number of benzene rings is 1. The van der Waals surface area contributed by atoms with E-state index in [1.54, 1.807) is 12.3 Å². The van der Waals surface area contributed by atoms with Gasteiger partial charge in [-0.1, -0.05) is 48.0 Å². The molecule has 1 aromatic carbocycles. The van der Waals surface area contributed by atoms with Crippen LogP contribution in [0.4, 0.5) is 0 Å². The van der Waals surface area contributed by atoms with E-state index in [4.69, 9.17) is 16.3 Å². The quantitative estimate of drug-likeness (QED) is 0.586. The molecule has 2 rings (SSSR count). The number of halogens is 2. The second-order valence-electron chi connectivity index (χ2n) is 3.57. The van der Waals surface area contributed by atoms with Gasteiger partial charge in [0, 0.05) is 12.3 Å². The molecular weight excluding hydrogens is 361 g/mol. The molecule has 0 aliphatic carbocycles. The van der Waals surface area contributed by atoms with Gasteiger partial charge in [-0.15, -0.1) is 0 Å². The predicted octanol–water partition coefficient (Wildman–Crippen LogP) is 4.43. The van der Waals surface area contributed by atoms with Crippen LogP contribution < -0.4 is 4.74 Å². The number of hydrogen-bond acceptors (Lipinski definition) is 2. The lowest BCUT2D eigenvalue weighted by Crippen LogP contribution is -1.96. The van der Waals surface area contributed by atoms with E-state index in [1.165, 1.54) is 0 Å². The molecule has 0 aliphatic rings. The molecule has 0 amide bonds. The van der Waals surface area contributed by atoms with Crippen molar-refractivity contribution in [2.24, 2.45) is 0 Å². The Bertz CT molecular complexity index is 543. The van der Waals surface area contributed by atoms with E-state index in [-0.39, 0.29) is 0 Å². The molecule has 0 saturated heterocycles. The van der Waals surface area contributed by atoms with E-state index in [2.05, 4.69) is 27.6 Å². The number of nitrogens with zero attached hydrogens (tertiary/aromatic N) is 1. The van der Waals surface area contributed by atoms with Crippen molar-refractivity contribution in [3.05, 3.63) is 63.0 Å². The Morgan fingerprint density at radius 2 is 2.06 bits per heavy atom. The van der Waals surface area contributed by atoms with Gasteiger partial charge >= 0.3 is 0 Å². The Morgan fingerprint density at radius 1 is 1.28 bits per heavy atom. The second-order valence-corrected chi connectivity index (χ2v) is 5.02. The van der Waals surface area contributed by atoms with Gasteiger partial charge in [0.25, 0.3) is 0 Å². The van der Waals surface area contributed by atoms with Gasteiger partial charge in [-0.05, 0) is 34.2 Å². The molecular formula is C14H11ClINO. The lowest BCUT2D eigenvalue weighted by molar-refractivity contribution is 0.359. The molecule has 0 bridgehead atoms. The maximum absolute atomic E-state index is 5.86. The minimum atomic E-state index is 0.493. The third-order valence-electron chi connectivity index (χ3n) is 2.22. The topological polar surface area (TPSA) is 22.1 Å². The van der Waals surface area contributed by atoms with E-state index < -0.39 is 0 Å². The fourth-order valence-corrected chi connectivity index (χ4v) is 1.99. The Hall–Kier alpha value is -1.07. The molecule has 4 heteroatoms. The van der Waals surface area contributed by atoms with Crippen molar-refractivity contribution < 1.29 is 4.74 Å². The van der Waals surface area contributed by atoms with Gasteiger partial charge in [0.05, 0.1) is 5.02 Å². The minimum absolute atomic E-state index is 0.493. The summed E-state index contributed by atoms with van der Waals surface area (Å²) in [5, 5.41) is 0.581. The maximum Gasteiger partial charge on any atom is 0.153 e. The maximum atomic E-state index is 5.86. The van der Waals surface area contributed by atoms with E-state index in [1.807, 2.05) is 42.5 Å². The molecule has 0 N–H and O–H groups in total. The van der Waals surface area contributed by atoms with Crippen molar-refractivity contribution >= 4 is 40.3 Å². The van der Waals surface area contributed by atoms with Crippen molar-refractivity contribution in [3.63, 3.8) is 0 Å². The van der Waals surface area contributed by atoms with Crippen LogP contribution in [0.15, 0.2) is 48.7 Å². The molecule has 0 fully saturated rings. The summed E-state index contributed by atoms with van der Waals surface area (Å²) in [5.74, 6) is 0.709. The molecule has 2 nitrogen and oxygen atoms in total. The largest absolute Gasteiger partial charge is 0.487 e. The average Bonchev–Trinajstić information content (AvgIpc) is 2.40. The number of aromatic nitrogens is 1. The Labute approximate surface area is 125 Å². The average molecular weight is 372 g/mol. The molecule has 0 spiro atoms. The summed E-state index contributed by atoms with van der Waals surface area (Å²) in [6.07, 6.45) is 5.59. The van der Waals surface area contributed by atoms with Crippen molar-refractivity contribution in [1.29, 1.82) is 0 Å². The van der Waals surface area contributed by atoms with Gasteiger partial charge in [0.2, 0.25) is 0 Å². The standard InChI is InChI=1S/C14H11ClINO/c15-12-9-13(14(16)17-10-12)18-8-4-7-11-5-2-1-3-6-11/h1-7,9-10H,8H2. The van der Waals surface area contributed by atoms with Gasteiger partial charge in [0.15, 0.2) is 5.75 Å². The van der Waals surface area contributed by atoms with Crippen LogP contribution in [0.5, 0.6) is 5.75 Å². The minimum Gasteiger partial charge on any atom is -0.487 e. The fourth-order valence-electron chi connectivity index (χ4n) is 1.39. The van der Waals surface area contributed by atoms with Crippen LogP contribution in [0.25, 0.3) is 6.08 Å². The number of rotatable bonds is 4. The SMILES string of the molecule is Clc1cnc(I)c(OCC=Cc2ccccc2)c1. The zero-order valence-corrected chi connectivity index (χ0v) is 12.4. The van der Waals surface area contributed by atoms with Crippen molar-refractivity contribution in [1.82, 2.24) is 4.98 Å². The monoisotopic (exact) mass is 371 g/mol. The highest BCUT2D eigenvalue weighted by Gasteiger charge is 2.01. The number of pyridine rings is 1. The smallest absolute Gasteiger partial charge is 0.153 e. The zero-order valence-electron chi connectivity index (χ0n) is 9.51. The highest BCUT2D eigenvalue weighted by Crippen LogP contribution is 2.22. The first-order valence-electron chi connectivity index (χ1n) is 5.41. The van der Waals surface area contributed by atoms with Crippen LogP contribution >= 0.6 is 34.2 Å². The summed E-state index contributed by atoms with van der Waals surface area (Å²) in [6, 6.07) is 11.9. The highest BCUT2D eigenvalue weighted by atomic mass is 127. The lowest BCUT2D eigenvalue weighted by atomic mass is 10.2. The summed E-state index contributed by atoms with van der Waals surface area (Å²) in [7, 11) is 0. The molecule has 0 saturated carbocycles. The molecule has 0 unspecified atom stereocenters. The molecule has 18 heavy (non-hydrogen) atoms. The van der Waals surface area contributed by atoms with Crippen LogP contribution in [-0.2, 0) is 0 Å². The van der Waals surface area contributed by atoms with Gasteiger partial charge < -0.3 is 4.74 Å². The third kappa shape index (κ3) is 3.99. The first kappa shape index (κ1) is 13.4. The van der Waals surface area contributed by atoms with Crippen LogP contribution in [0, 0.1) is 3.70 Å². The highest BCUT2D eigenvalue weighted by molar-refractivity contribution is 14.1. The van der Waals surface area contributed by atoms with E-state index in [9.17, 15) is 0 Å². The van der Waals surface area contributed by atoms with E-state index >= 15 is 0 Å². The van der Waals surface area contributed by atoms with Crippen molar-refractivity contribution in [2.75, 3.05) is 6.61 Å². The summed E-state index contributed by atoms with van der Waals surface area (Å²) >= 11 is 7.98. The Kier molecular flexibility index (Phi) is 5.01. The molecule has 92 valence electrons. The first-order valence-corrected chi connectivity index (χ1v) is 6.87. The summed E-state index contributed by atoms with van der Waals surface area (Å²) in [4.78, 5) is 4.12. The first-order chi connectivity index (χ1) is 8.75. The summed E-state index contributed by atoms with van der Waals surface area (Å²) < 4.78 is 6.41. The lowest BCUT2D eigenvalue weighted by Gasteiger charge is -2.05. The third-order valence-corrected chi connectivity index (χ3v) is 3.24. The fraction of sp³-hybridized carbons (Fsp3) is 0.0714. The van der Waals surface area contributed by atoms with Crippen LogP contribution in [0.1, 0.15) is 5.56 Å². The van der Waals surface area contributed by atoms with Crippen LogP contribution in [-0.4, -0.2) is 11.6 Å². The molecule has 0 atom stereocenters. The van der Waals surface area contributed by atoms with Crippen molar-refractivity contribution in [3.8, 4) is 5.75 Å². The van der Waals surface area contributed by atoms with Gasteiger partial charge in [-0.3, -0.25) is 0 Å².